The van der Waals surface area contributed by atoms with E-state index in [-0.39, 0.29) is 5.22 Å². The second kappa shape index (κ2) is 16.0. The van der Waals surface area contributed by atoms with E-state index in [1.165, 1.54) is 12.8 Å². The number of hydrogen-bond donors (Lipinski definition) is 1. The first-order valence-electron chi connectivity index (χ1n) is 12.3. The van der Waals surface area contributed by atoms with E-state index in [0.29, 0.717) is 26.0 Å². The van der Waals surface area contributed by atoms with E-state index >= 15 is 0 Å². The van der Waals surface area contributed by atoms with Crippen molar-refractivity contribution in [3.8, 4) is 0 Å². The zero-order valence-corrected chi connectivity index (χ0v) is 23.9. The molecule has 0 spiro atoms. The van der Waals surface area contributed by atoms with Crippen molar-refractivity contribution < 1.29 is 26.9 Å². The van der Waals surface area contributed by atoms with Crippen LogP contribution in [-0.4, -0.2) is 69.9 Å². The molecule has 1 unspecified atom stereocenters. The van der Waals surface area contributed by atoms with E-state index in [1.54, 1.807) is 21.3 Å². The van der Waals surface area contributed by atoms with Crippen LogP contribution < -0.4 is 5.32 Å². The van der Waals surface area contributed by atoms with E-state index < -0.39 is 17.4 Å². The summed E-state index contributed by atoms with van der Waals surface area (Å²) in [6.07, 6.45) is 6.29. The Kier molecular flexibility index (Phi) is 14.7. The first kappa shape index (κ1) is 30.2. The Morgan fingerprint density at radius 3 is 1.91 bits per heavy atom. The topological polar surface area (TPSA) is 67.4 Å². The number of nitrogens with one attached hydrogen (secondary N) is 1. The van der Waals surface area contributed by atoms with E-state index in [9.17, 15) is 0 Å². The van der Waals surface area contributed by atoms with Crippen LogP contribution >= 0.6 is 0 Å². The van der Waals surface area contributed by atoms with Crippen LogP contribution in [0, 0.1) is 0 Å². The number of ether oxygens (including phenoxy) is 1. The molecule has 1 aromatic carbocycles. The van der Waals surface area contributed by atoms with Gasteiger partial charge in [-0.2, -0.15) is 0 Å². The Balaban J connectivity index is 0.000000335. The van der Waals surface area contributed by atoms with Gasteiger partial charge in [-0.15, -0.1) is 0 Å². The fraction of sp³-hybridized carbons (Fsp3) is 0.750. The largest absolute Gasteiger partial charge is 0.521 e. The molecule has 1 aliphatic heterocycles. The average Bonchev–Trinajstić information content (AvgIpc) is 2.85. The minimum atomic E-state index is -2.59. The van der Waals surface area contributed by atoms with Crippen LogP contribution in [0.1, 0.15) is 59.8 Å². The molecule has 192 valence electrons. The molecule has 2 rings (SSSR count). The van der Waals surface area contributed by atoms with Crippen molar-refractivity contribution >= 4 is 23.1 Å². The van der Waals surface area contributed by atoms with Crippen molar-refractivity contribution in [3.63, 3.8) is 0 Å². The SMILES string of the molecule is CCCC1(OC)CCCC[Si]1(OC)OC.CCO[Si](CNc1ccccc1)(OCC)OCC. The summed E-state index contributed by atoms with van der Waals surface area (Å²) in [6.45, 7) is 9.88. The maximum absolute atomic E-state index is 5.83. The highest BCUT2D eigenvalue weighted by molar-refractivity contribution is 6.70. The quantitative estimate of drug-likeness (QED) is 0.346. The summed E-state index contributed by atoms with van der Waals surface area (Å²) >= 11 is 0. The van der Waals surface area contributed by atoms with Crippen molar-refractivity contribution in [3.05, 3.63) is 30.3 Å². The van der Waals surface area contributed by atoms with Crippen LogP contribution in [-0.2, 0) is 26.9 Å². The Morgan fingerprint density at radius 1 is 0.879 bits per heavy atom. The molecule has 1 aromatic rings. The molecule has 7 nitrogen and oxygen atoms in total. The number of methoxy groups -OCH3 is 1. The van der Waals surface area contributed by atoms with Gasteiger partial charge >= 0.3 is 17.4 Å². The summed E-state index contributed by atoms with van der Waals surface area (Å²) in [7, 11) is 0.628. The molecule has 0 amide bonds. The molecule has 1 aliphatic rings. The third kappa shape index (κ3) is 8.43. The van der Waals surface area contributed by atoms with Gasteiger partial charge in [-0.3, -0.25) is 0 Å². The second-order valence-corrected chi connectivity index (χ2v) is 14.3. The molecule has 0 saturated carbocycles. The third-order valence-electron chi connectivity index (χ3n) is 6.11. The minimum absolute atomic E-state index is 0.122. The van der Waals surface area contributed by atoms with Crippen LogP contribution in [0.5, 0.6) is 0 Å². The molecule has 9 heteroatoms. The lowest BCUT2D eigenvalue weighted by Gasteiger charge is -2.47. The molecular formula is C24H47NO6Si2. The minimum Gasteiger partial charge on any atom is -0.396 e. The van der Waals surface area contributed by atoms with Crippen molar-refractivity contribution in [2.24, 2.45) is 0 Å². The van der Waals surface area contributed by atoms with Gasteiger partial charge in [0, 0.05) is 46.8 Å². The zero-order chi connectivity index (χ0) is 24.6. The summed E-state index contributed by atoms with van der Waals surface area (Å²) < 4.78 is 34.7. The van der Waals surface area contributed by atoms with Crippen molar-refractivity contribution in [2.45, 2.75) is 71.1 Å². The summed E-state index contributed by atoms with van der Waals surface area (Å²) in [5.41, 5.74) is 1.05. The van der Waals surface area contributed by atoms with Crippen molar-refractivity contribution in [2.75, 3.05) is 52.6 Å². The van der Waals surface area contributed by atoms with Crippen molar-refractivity contribution in [1.82, 2.24) is 0 Å². The van der Waals surface area contributed by atoms with Gasteiger partial charge in [0.25, 0.3) is 0 Å². The first-order chi connectivity index (χ1) is 16.0. The number of rotatable bonds is 14. The van der Waals surface area contributed by atoms with Gasteiger partial charge in [-0.1, -0.05) is 44.4 Å². The van der Waals surface area contributed by atoms with Crippen LogP contribution in [0.4, 0.5) is 5.69 Å². The lowest BCUT2D eigenvalue weighted by atomic mass is 10.1. The predicted octanol–water partition coefficient (Wildman–Crippen LogP) is 5.32. The normalized spacial score (nSPS) is 20.1. The van der Waals surface area contributed by atoms with Gasteiger partial charge in [0.05, 0.1) is 6.17 Å². The number of hydrogen-bond acceptors (Lipinski definition) is 7. The number of anilines is 1. The molecule has 1 heterocycles. The first-order valence-corrected chi connectivity index (χ1v) is 16.3. The Morgan fingerprint density at radius 2 is 1.45 bits per heavy atom. The summed E-state index contributed by atoms with van der Waals surface area (Å²) in [5.74, 6) is 0. The zero-order valence-electron chi connectivity index (χ0n) is 21.9. The Hall–Kier alpha value is -0.786. The van der Waals surface area contributed by atoms with E-state index in [2.05, 4.69) is 12.2 Å². The lowest BCUT2D eigenvalue weighted by molar-refractivity contribution is -0.0149. The molecule has 1 fully saturated rings. The highest BCUT2D eigenvalue weighted by atomic mass is 28.4. The van der Waals surface area contributed by atoms with Gasteiger partial charge in [0.1, 0.15) is 5.22 Å². The summed E-state index contributed by atoms with van der Waals surface area (Å²) in [4.78, 5) is 0. The van der Waals surface area contributed by atoms with Gasteiger partial charge in [-0.25, -0.2) is 0 Å². The van der Waals surface area contributed by atoms with Crippen LogP contribution in [0.3, 0.4) is 0 Å². The standard InChI is InChI=1S/C13H23NO3Si.C11H24O3Si/c1-4-15-18(16-5-2,17-6-3)12-14-13-10-8-7-9-11-13;1-5-8-11(12-2)9-6-7-10-15(11,13-3)14-4/h7-11,14H,4-6,12H2,1-3H3;5-10H2,1-4H3. The lowest BCUT2D eigenvalue weighted by Crippen LogP contribution is -2.64. The van der Waals surface area contributed by atoms with Gasteiger partial charge in [0.2, 0.25) is 0 Å². The molecule has 33 heavy (non-hydrogen) atoms. The van der Waals surface area contributed by atoms with Gasteiger partial charge in [0.15, 0.2) is 0 Å². The average molecular weight is 502 g/mol. The fourth-order valence-corrected chi connectivity index (χ4v) is 10.9. The number of para-hydroxylation sites is 1. The van der Waals surface area contributed by atoms with Crippen LogP contribution in [0.25, 0.3) is 0 Å². The highest BCUT2D eigenvalue weighted by Crippen LogP contribution is 2.42. The molecule has 1 N–H and O–H groups in total. The van der Waals surface area contributed by atoms with Crippen LogP contribution in [0.2, 0.25) is 6.04 Å². The molecule has 0 bridgehead atoms. The monoisotopic (exact) mass is 501 g/mol. The smallest absolute Gasteiger partial charge is 0.396 e. The molecule has 1 saturated heterocycles. The Labute approximate surface area is 204 Å². The molecular weight excluding hydrogens is 454 g/mol. The highest BCUT2D eigenvalue weighted by Gasteiger charge is 2.58. The maximum Gasteiger partial charge on any atom is 0.521 e. The van der Waals surface area contributed by atoms with Gasteiger partial charge in [-0.05, 0) is 51.8 Å². The molecule has 0 radical (unpaired) electrons. The fourth-order valence-electron chi connectivity index (χ4n) is 4.63. The maximum atomic E-state index is 5.83. The predicted molar refractivity (Wildman–Crippen MR) is 139 cm³/mol. The molecule has 0 aromatic heterocycles. The van der Waals surface area contributed by atoms with Gasteiger partial charge < -0.3 is 32.2 Å². The second-order valence-electron chi connectivity index (χ2n) is 8.02. The van der Waals surface area contributed by atoms with Crippen LogP contribution in [0.15, 0.2) is 30.3 Å². The summed E-state index contributed by atoms with van der Waals surface area (Å²) in [5, 5.41) is 3.21. The third-order valence-corrected chi connectivity index (χ3v) is 13.3. The van der Waals surface area contributed by atoms with E-state index in [0.717, 1.165) is 31.0 Å². The van der Waals surface area contributed by atoms with E-state index in [1.807, 2.05) is 51.1 Å². The molecule has 0 aliphatic carbocycles. The Bertz CT molecular complexity index is 599. The van der Waals surface area contributed by atoms with E-state index in [4.69, 9.17) is 26.9 Å². The molecule has 1 atom stereocenters. The summed E-state index contributed by atoms with van der Waals surface area (Å²) in [6, 6.07) is 11.1. The number of benzene rings is 1. The van der Waals surface area contributed by atoms with Crippen molar-refractivity contribution in [1.29, 1.82) is 0 Å².